The molecule has 0 unspecified atom stereocenters. The van der Waals surface area contributed by atoms with Gasteiger partial charge in [0.25, 0.3) is 5.91 Å². The van der Waals surface area contributed by atoms with Crippen LogP contribution in [0.5, 0.6) is 5.75 Å². The zero-order chi connectivity index (χ0) is 17.5. The van der Waals surface area contributed by atoms with Crippen LogP contribution in [-0.4, -0.2) is 25.6 Å². The van der Waals surface area contributed by atoms with Crippen molar-refractivity contribution in [3.05, 3.63) is 71.8 Å². The molecule has 24 heavy (non-hydrogen) atoms. The molecule has 1 amide bonds. The van der Waals surface area contributed by atoms with Gasteiger partial charge in [0, 0.05) is 11.3 Å². The van der Waals surface area contributed by atoms with Crippen LogP contribution in [0.25, 0.3) is 0 Å². The van der Waals surface area contributed by atoms with Crippen LogP contribution in [0.3, 0.4) is 0 Å². The summed E-state index contributed by atoms with van der Waals surface area (Å²) in [5.41, 5.74) is 2.26. The van der Waals surface area contributed by atoms with Crippen molar-refractivity contribution in [3.63, 3.8) is 0 Å². The molecule has 0 aliphatic rings. The number of ether oxygens (including phenoxy) is 2. The Hall–Kier alpha value is -3.08. The molecular formula is C19H19NO4. The highest BCUT2D eigenvalue weighted by Crippen LogP contribution is 2.17. The van der Waals surface area contributed by atoms with Gasteiger partial charge >= 0.3 is 5.97 Å². The Bertz CT molecular complexity index is 750. The molecule has 0 saturated heterocycles. The molecule has 5 heteroatoms. The first-order valence-corrected chi connectivity index (χ1v) is 7.36. The number of carbonyl (C=O) groups excluding carboxylic acids is 2. The average molecular weight is 325 g/mol. The van der Waals surface area contributed by atoms with Gasteiger partial charge in [-0.3, -0.25) is 4.79 Å². The third-order valence-corrected chi connectivity index (χ3v) is 3.14. The van der Waals surface area contributed by atoms with E-state index in [-0.39, 0.29) is 5.91 Å². The topological polar surface area (TPSA) is 64.6 Å². The van der Waals surface area contributed by atoms with Gasteiger partial charge in [-0.25, -0.2) is 4.79 Å². The second-order valence-electron chi connectivity index (χ2n) is 5.30. The van der Waals surface area contributed by atoms with Crippen LogP contribution in [-0.2, 0) is 4.74 Å². The molecule has 0 atom stereocenters. The number of anilines is 1. The Morgan fingerprint density at radius 3 is 2.38 bits per heavy atom. The van der Waals surface area contributed by atoms with Crippen LogP contribution < -0.4 is 10.1 Å². The van der Waals surface area contributed by atoms with Crippen LogP contribution in [0, 0.1) is 0 Å². The summed E-state index contributed by atoms with van der Waals surface area (Å²) in [6.07, 6.45) is 0. The van der Waals surface area contributed by atoms with Crippen LogP contribution in [0.1, 0.15) is 27.6 Å². The second kappa shape index (κ2) is 7.97. The zero-order valence-electron chi connectivity index (χ0n) is 13.7. The maximum absolute atomic E-state index is 12.3. The molecule has 0 aliphatic carbocycles. The molecular weight excluding hydrogens is 306 g/mol. The van der Waals surface area contributed by atoms with E-state index >= 15 is 0 Å². The molecule has 0 bridgehead atoms. The van der Waals surface area contributed by atoms with E-state index in [4.69, 9.17) is 4.74 Å². The van der Waals surface area contributed by atoms with E-state index < -0.39 is 5.97 Å². The van der Waals surface area contributed by atoms with Gasteiger partial charge in [-0.05, 0) is 55.0 Å². The zero-order valence-corrected chi connectivity index (χ0v) is 13.7. The minimum atomic E-state index is -0.483. The second-order valence-corrected chi connectivity index (χ2v) is 5.30. The van der Waals surface area contributed by atoms with Crippen molar-refractivity contribution >= 4 is 17.6 Å². The minimum absolute atomic E-state index is 0.309. The summed E-state index contributed by atoms with van der Waals surface area (Å²) < 4.78 is 10.2. The standard InChI is InChI=1S/C19H19NO4/c1-13(2)12-24-17-9-7-16(8-10-17)20-18(21)14-5-4-6-15(11-14)19(22)23-3/h4-11H,1,12H2,2-3H3,(H,20,21). The van der Waals surface area contributed by atoms with E-state index in [0.717, 1.165) is 5.57 Å². The van der Waals surface area contributed by atoms with Crippen LogP contribution in [0.4, 0.5) is 5.69 Å². The van der Waals surface area contributed by atoms with Gasteiger partial charge in [0.05, 0.1) is 12.7 Å². The number of hydrogen-bond acceptors (Lipinski definition) is 4. The van der Waals surface area contributed by atoms with Crippen LogP contribution in [0.2, 0.25) is 0 Å². The number of carbonyl (C=O) groups is 2. The molecule has 2 rings (SSSR count). The monoisotopic (exact) mass is 325 g/mol. The lowest BCUT2D eigenvalue weighted by molar-refractivity contribution is 0.0600. The molecule has 2 aromatic carbocycles. The van der Waals surface area contributed by atoms with E-state index in [1.807, 2.05) is 6.92 Å². The highest BCUT2D eigenvalue weighted by Gasteiger charge is 2.11. The summed E-state index contributed by atoms with van der Waals surface area (Å²) in [4.78, 5) is 23.8. The molecule has 0 aliphatic heterocycles. The lowest BCUT2D eigenvalue weighted by atomic mass is 10.1. The smallest absolute Gasteiger partial charge is 0.337 e. The average Bonchev–Trinajstić information content (AvgIpc) is 2.60. The Labute approximate surface area is 140 Å². The number of nitrogens with one attached hydrogen (secondary N) is 1. The van der Waals surface area contributed by atoms with Gasteiger partial charge in [-0.15, -0.1) is 0 Å². The van der Waals surface area contributed by atoms with Crippen molar-refractivity contribution in [1.82, 2.24) is 0 Å². The van der Waals surface area contributed by atoms with E-state index in [2.05, 4.69) is 16.6 Å². The molecule has 1 N–H and O–H groups in total. The van der Waals surface area contributed by atoms with E-state index in [1.54, 1.807) is 42.5 Å². The fourth-order valence-corrected chi connectivity index (χ4v) is 1.95. The first-order valence-electron chi connectivity index (χ1n) is 7.36. The SMILES string of the molecule is C=C(C)COc1ccc(NC(=O)c2cccc(C(=O)OC)c2)cc1. The van der Waals surface area contributed by atoms with Gasteiger partial charge in [0.2, 0.25) is 0 Å². The summed E-state index contributed by atoms with van der Waals surface area (Å²) in [5.74, 6) is -0.0938. The maximum atomic E-state index is 12.3. The first-order chi connectivity index (χ1) is 11.5. The highest BCUT2D eigenvalue weighted by molar-refractivity contribution is 6.05. The fraction of sp³-hybridized carbons (Fsp3) is 0.158. The molecule has 0 spiro atoms. The van der Waals surface area contributed by atoms with Crippen molar-refractivity contribution < 1.29 is 19.1 Å². The van der Waals surface area contributed by atoms with E-state index in [1.165, 1.54) is 13.2 Å². The van der Waals surface area contributed by atoms with E-state index in [9.17, 15) is 9.59 Å². The third-order valence-electron chi connectivity index (χ3n) is 3.14. The quantitative estimate of drug-likeness (QED) is 0.650. The lowest BCUT2D eigenvalue weighted by Gasteiger charge is -2.09. The van der Waals surface area contributed by atoms with Gasteiger partial charge in [0.15, 0.2) is 0 Å². The summed E-state index contributed by atoms with van der Waals surface area (Å²) in [6, 6.07) is 13.4. The summed E-state index contributed by atoms with van der Waals surface area (Å²) in [5, 5.41) is 2.77. The molecule has 124 valence electrons. The van der Waals surface area contributed by atoms with Crippen molar-refractivity contribution in [2.24, 2.45) is 0 Å². The lowest BCUT2D eigenvalue weighted by Crippen LogP contribution is -2.13. The number of hydrogen-bond donors (Lipinski definition) is 1. The maximum Gasteiger partial charge on any atom is 0.337 e. The van der Waals surface area contributed by atoms with E-state index in [0.29, 0.717) is 29.2 Å². The summed E-state index contributed by atoms with van der Waals surface area (Å²) in [7, 11) is 1.30. The summed E-state index contributed by atoms with van der Waals surface area (Å²) >= 11 is 0. The number of methoxy groups -OCH3 is 1. The van der Waals surface area contributed by atoms with Crippen LogP contribution >= 0.6 is 0 Å². The Kier molecular flexibility index (Phi) is 5.73. The number of amides is 1. The molecule has 0 fully saturated rings. The molecule has 0 saturated carbocycles. The summed E-state index contributed by atoms with van der Waals surface area (Å²) in [6.45, 7) is 6.11. The van der Waals surface area contributed by atoms with Gasteiger partial charge in [-0.1, -0.05) is 12.6 Å². The molecule has 2 aromatic rings. The van der Waals surface area contributed by atoms with Gasteiger partial charge in [-0.2, -0.15) is 0 Å². The van der Waals surface area contributed by atoms with Crippen molar-refractivity contribution in [1.29, 1.82) is 0 Å². The number of benzene rings is 2. The van der Waals surface area contributed by atoms with Crippen molar-refractivity contribution in [2.75, 3.05) is 19.0 Å². The van der Waals surface area contributed by atoms with Crippen LogP contribution in [0.15, 0.2) is 60.7 Å². The predicted octanol–water partition coefficient (Wildman–Crippen LogP) is 3.68. The third kappa shape index (κ3) is 4.71. The molecule has 0 radical (unpaired) electrons. The normalized spacial score (nSPS) is 9.92. The largest absolute Gasteiger partial charge is 0.489 e. The van der Waals surface area contributed by atoms with Gasteiger partial charge < -0.3 is 14.8 Å². The van der Waals surface area contributed by atoms with Crippen molar-refractivity contribution in [3.8, 4) is 5.75 Å². The molecule has 0 aromatic heterocycles. The number of rotatable bonds is 6. The van der Waals surface area contributed by atoms with Crippen molar-refractivity contribution in [2.45, 2.75) is 6.92 Å². The highest BCUT2D eigenvalue weighted by atomic mass is 16.5. The predicted molar refractivity (Wildman–Crippen MR) is 92.5 cm³/mol. The molecule has 0 heterocycles. The first kappa shape index (κ1) is 17.3. The Morgan fingerprint density at radius 2 is 1.75 bits per heavy atom. The minimum Gasteiger partial charge on any atom is -0.489 e. The van der Waals surface area contributed by atoms with Gasteiger partial charge in [0.1, 0.15) is 12.4 Å². The fourth-order valence-electron chi connectivity index (χ4n) is 1.95. The Morgan fingerprint density at radius 1 is 1.08 bits per heavy atom. The Balaban J connectivity index is 2.04. The number of esters is 1. The molecule has 5 nitrogen and oxygen atoms in total.